The molecular weight excluding hydrogens is 282 g/mol. The Morgan fingerprint density at radius 1 is 1.46 bits per heavy atom. The molecule has 0 atom stereocenters. The number of hydrogen-bond donors (Lipinski definition) is 0. The van der Waals surface area contributed by atoms with E-state index >= 15 is 0 Å². The fourth-order valence-corrected chi connectivity index (χ4v) is 1.78. The summed E-state index contributed by atoms with van der Waals surface area (Å²) in [6, 6.07) is 6.03. The summed E-state index contributed by atoms with van der Waals surface area (Å²) >= 11 is 2.24. The van der Waals surface area contributed by atoms with Crippen LogP contribution in [0.25, 0.3) is 10.9 Å². The maximum atomic E-state index is 12.1. The van der Waals surface area contributed by atoms with Crippen molar-refractivity contribution in [1.29, 1.82) is 0 Å². The topological polar surface area (TPSA) is 17.8 Å². The molecule has 2 nitrogen and oxygen atoms in total. The van der Waals surface area contributed by atoms with Gasteiger partial charge < -0.3 is 0 Å². The highest BCUT2D eigenvalue weighted by atomic mass is 127. The van der Waals surface area contributed by atoms with Gasteiger partial charge in [0.2, 0.25) is 0 Å². The maximum absolute atomic E-state index is 12.1. The molecule has 4 heteroatoms. The van der Waals surface area contributed by atoms with Crippen LogP contribution in [0.15, 0.2) is 24.4 Å². The van der Waals surface area contributed by atoms with Gasteiger partial charge in [0.25, 0.3) is 0 Å². The molecule has 0 saturated carbocycles. The first-order valence-electron chi connectivity index (χ1n) is 3.98. The van der Waals surface area contributed by atoms with Crippen molar-refractivity contribution in [2.24, 2.45) is 0 Å². The van der Waals surface area contributed by atoms with E-state index in [9.17, 15) is 4.39 Å². The smallest absolute Gasteiger partial charge is 0.109 e. The summed E-state index contributed by atoms with van der Waals surface area (Å²) in [6.45, 7) is -0.0359. The van der Waals surface area contributed by atoms with Crippen LogP contribution in [0.2, 0.25) is 0 Å². The van der Waals surface area contributed by atoms with E-state index in [4.69, 9.17) is 0 Å². The molecule has 1 heterocycles. The Morgan fingerprint density at radius 3 is 3.08 bits per heavy atom. The lowest BCUT2D eigenvalue weighted by molar-refractivity contribution is 0.433. The van der Waals surface area contributed by atoms with Gasteiger partial charge >= 0.3 is 0 Å². The third-order valence-corrected chi connectivity index (χ3v) is 2.57. The molecule has 68 valence electrons. The van der Waals surface area contributed by atoms with Crippen molar-refractivity contribution < 1.29 is 4.39 Å². The molecule has 0 amide bonds. The van der Waals surface area contributed by atoms with Crippen molar-refractivity contribution in [2.75, 3.05) is 6.67 Å². The Kier molecular flexibility index (Phi) is 2.48. The average Bonchev–Trinajstić information content (AvgIpc) is 2.49. The zero-order valence-corrected chi connectivity index (χ0v) is 9.03. The van der Waals surface area contributed by atoms with Crippen LogP contribution in [-0.4, -0.2) is 16.5 Å². The van der Waals surface area contributed by atoms with E-state index in [2.05, 4.69) is 27.7 Å². The summed E-state index contributed by atoms with van der Waals surface area (Å²) in [4.78, 5) is 0. The van der Waals surface area contributed by atoms with Gasteiger partial charge in [-0.1, -0.05) is 6.07 Å². The quantitative estimate of drug-likeness (QED) is 0.777. The number of aromatic nitrogens is 2. The van der Waals surface area contributed by atoms with Crippen LogP contribution in [0, 0.1) is 3.57 Å². The average molecular weight is 290 g/mol. The van der Waals surface area contributed by atoms with Crippen molar-refractivity contribution in [3.05, 3.63) is 28.0 Å². The monoisotopic (exact) mass is 290 g/mol. The Labute approximate surface area is 88.9 Å². The molecule has 1 aromatic heterocycles. The van der Waals surface area contributed by atoms with Crippen molar-refractivity contribution in [3.8, 4) is 0 Å². The summed E-state index contributed by atoms with van der Waals surface area (Å²) in [6.07, 6.45) is 1.76. The second kappa shape index (κ2) is 3.61. The molecule has 0 N–H and O–H groups in total. The summed E-state index contributed by atoms with van der Waals surface area (Å²) in [5.74, 6) is 0. The van der Waals surface area contributed by atoms with Crippen molar-refractivity contribution in [2.45, 2.75) is 6.54 Å². The number of rotatable bonds is 2. The van der Waals surface area contributed by atoms with Crippen LogP contribution in [-0.2, 0) is 6.54 Å². The minimum atomic E-state index is -0.373. The van der Waals surface area contributed by atoms with Gasteiger partial charge in [-0.3, -0.25) is 4.68 Å². The highest BCUT2D eigenvalue weighted by molar-refractivity contribution is 14.1. The lowest BCUT2D eigenvalue weighted by Gasteiger charge is -1.99. The highest BCUT2D eigenvalue weighted by Crippen LogP contribution is 2.16. The predicted molar refractivity (Wildman–Crippen MR) is 58.4 cm³/mol. The van der Waals surface area contributed by atoms with Gasteiger partial charge in [0.05, 0.1) is 18.3 Å². The standard InChI is InChI=1S/C9H8FIN2/c10-3-4-13-9-5-8(11)2-1-7(9)6-12-13/h1-2,5-6H,3-4H2. The summed E-state index contributed by atoms with van der Waals surface area (Å²) < 4.78 is 15.0. The van der Waals surface area contributed by atoms with E-state index in [0.717, 1.165) is 14.5 Å². The molecule has 13 heavy (non-hydrogen) atoms. The first kappa shape index (κ1) is 8.93. The Hall–Kier alpha value is -0.650. The van der Waals surface area contributed by atoms with Gasteiger partial charge in [0.15, 0.2) is 0 Å². The van der Waals surface area contributed by atoms with Crippen LogP contribution in [0.4, 0.5) is 4.39 Å². The van der Waals surface area contributed by atoms with Gasteiger partial charge in [-0.15, -0.1) is 0 Å². The number of alkyl halides is 1. The molecule has 0 fully saturated rings. The molecule has 2 aromatic rings. The first-order chi connectivity index (χ1) is 6.31. The van der Waals surface area contributed by atoms with Crippen LogP contribution in [0.1, 0.15) is 0 Å². The van der Waals surface area contributed by atoms with Crippen LogP contribution < -0.4 is 0 Å². The fraction of sp³-hybridized carbons (Fsp3) is 0.222. The van der Waals surface area contributed by atoms with Gasteiger partial charge in [-0.05, 0) is 34.7 Å². The largest absolute Gasteiger partial charge is 0.262 e. The van der Waals surface area contributed by atoms with Crippen molar-refractivity contribution >= 4 is 33.5 Å². The molecule has 0 radical (unpaired) electrons. The molecule has 0 unspecified atom stereocenters. The molecular formula is C9H8FIN2. The normalized spacial score (nSPS) is 10.9. The molecule has 2 rings (SSSR count). The van der Waals surface area contributed by atoms with Gasteiger partial charge in [-0.2, -0.15) is 5.10 Å². The van der Waals surface area contributed by atoms with Gasteiger partial charge in [-0.25, -0.2) is 4.39 Å². The van der Waals surface area contributed by atoms with E-state index < -0.39 is 0 Å². The van der Waals surface area contributed by atoms with Crippen LogP contribution >= 0.6 is 22.6 Å². The van der Waals surface area contributed by atoms with Crippen molar-refractivity contribution in [1.82, 2.24) is 9.78 Å². The number of hydrogen-bond acceptors (Lipinski definition) is 1. The van der Waals surface area contributed by atoms with Crippen molar-refractivity contribution in [3.63, 3.8) is 0 Å². The van der Waals surface area contributed by atoms with E-state index in [1.807, 2.05) is 18.2 Å². The number of aryl methyl sites for hydroxylation is 1. The second-order valence-corrected chi connectivity index (χ2v) is 4.01. The minimum absolute atomic E-state index is 0.337. The van der Waals surface area contributed by atoms with E-state index in [-0.39, 0.29) is 6.67 Å². The Bertz CT molecular complexity index is 424. The summed E-state index contributed by atoms with van der Waals surface area (Å²) in [5, 5.41) is 5.16. The lowest BCUT2D eigenvalue weighted by atomic mass is 10.3. The number of halogens is 2. The third-order valence-electron chi connectivity index (χ3n) is 1.90. The zero-order chi connectivity index (χ0) is 9.26. The molecule has 0 aliphatic carbocycles. The zero-order valence-electron chi connectivity index (χ0n) is 6.87. The SMILES string of the molecule is FCCn1ncc2ccc(I)cc21. The second-order valence-electron chi connectivity index (χ2n) is 2.76. The van der Waals surface area contributed by atoms with Gasteiger partial charge in [0.1, 0.15) is 6.67 Å². The molecule has 0 aliphatic heterocycles. The molecule has 0 aliphatic rings. The number of fused-ring (bicyclic) bond motifs is 1. The number of nitrogens with zero attached hydrogens (tertiary/aromatic N) is 2. The maximum Gasteiger partial charge on any atom is 0.109 e. The highest BCUT2D eigenvalue weighted by Gasteiger charge is 2.01. The molecule has 0 bridgehead atoms. The van der Waals surface area contributed by atoms with E-state index in [1.54, 1.807) is 10.9 Å². The molecule has 0 saturated heterocycles. The van der Waals surface area contributed by atoms with E-state index in [0.29, 0.717) is 6.54 Å². The third kappa shape index (κ3) is 1.67. The van der Waals surface area contributed by atoms with Gasteiger partial charge in [0, 0.05) is 8.96 Å². The Balaban J connectivity index is 2.58. The minimum Gasteiger partial charge on any atom is -0.262 e. The van der Waals surface area contributed by atoms with E-state index in [1.165, 1.54) is 0 Å². The lowest BCUT2D eigenvalue weighted by Crippen LogP contribution is -2.00. The Morgan fingerprint density at radius 2 is 2.31 bits per heavy atom. The van der Waals surface area contributed by atoms with Crippen LogP contribution in [0.5, 0.6) is 0 Å². The first-order valence-corrected chi connectivity index (χ1v) is 5.06. The molecule has 0 spiro atoms. The summed E-state index contributed by atoms with van der Waals surface area (Å²) in [5.41, 5.74) is 1.00. The number of benzene rings is 1. The predicted octanol–water partition coefficient (Wildman–Crippen LogP) is 2.61. The molecule has 1 aromatic carbocycles. The summed E-state index contributed by atoms with van der Waals surface area (Å²) in [7, 11) is 0. The van der Waals surface area contributed by atoms with Crippen LogP contribution in [0.3, 0.4) is 0 Å². The fourth-order valence-electron chi connectivity index (χ4n) is 1.30.